The van der Waals surface area contributed by atoms with Crippen molar-refractivity contribution in [1.29, 1.82) is 0 Å². The van der Waals surface area contributed by atoms with Crippen LogP contribution >= 0.6 is 0 Å². The molecule has 0 bridgehead atoms. The van der Waals surface area contributed by atoms with Gasteiger partial charge in [0, 0.05) is 13.6 Å². The number of aromatic nitrogens is 2. The number of benzene rings is 1. The molecule has 3 rings (SSSR count). The minimum absolute atomic E-state index is 0.232. The summed E-state index contributed by atoms with van der Waals surface area (Å²) < 4.78 is 1.43. The Morgan fingerprint density at radius 3 is 2.52 bits per heavy atom. The number of aromatic amines is 1. The largest absolute Gasteiger partial charge is 0.383 e. The van der Waals surface area contributed by atoms with Gasteiger partial charge in [-0.25, -0.2) is 4.79 Å². The SMILES string of the molecule is CN(CC1CCCCC1)c1c(N)n(Cc2ccccc2)c(=O)[nH]c1=O. The van der Waals surface area contributed by atoms with E-state index in [-0.39, 0.29) is 5.82 Å². The fraction of sp³-hybridized carbons (Fsp3) is 0.474. The standard InChI is InChI=1S/C19H26N4O2/c1-22(12-14-8-4-2-5-9-14)16-17(20)23(19(25)21-18(16)24)13-15-10-6-3-7-11-15/h3,6-7,10-11,14H,2,4-5,8-9,12-13,20H2,1H3,(H,21,24,25). The maximum atomic E-state index is 12.4. The lowest BCUT2D eigenvalue weighted by Crippen LogP contribution is -2.39. The zero-order chi connectivity index (χ0) is 17.8. The summed E-state index contributed by atoms with van der Waals surface area (Å²) in [6.45, 7) is 1.13. The Bertz CT molecular complexity index is 820. The van der Waals surface area contributed by atoms with Crippen LogP contribution in [0.5, 0.6) is 0 Å². The van der Waals surface area contributed by atoms with Gasteiger partial charge in [-0.3, -0.25) is 14.3 Å². The molecule has 1 aromatic heterocycles. The van der Waals surface area contributed by atoms with Gasteiger partial charge in [0.2, 0.25) is 0 Å². The molecule has 1 aromatic carbocycles. The number of nitrogens with zero attached hydrogens (tertiary/aromatic N) is 2. The summed E-state index contributed by atoms with van der Waals surface area (Å²) in [4.78, 5) is 28.9. The fourth-order valence-corrected chi connectivity index (χ4v) is 3.72. The van der Waals surface area contributed by atoms with Gasteiger partial charge in [0.15, 0.2) is 0 Å². The molecule has 3 N–H and O–H groups in total. The average Bonchev–Trinajstić information content (AvgIpc) is 2.60. The monoisotopic (exact) mass is 342 g/mol. The number of hydrogen-bond acceptors (Lipinski definition) is 4. The quantitative estimate of drug-likeness (QED) is 0.872. The highest BCUT2D eigenvalue weighted by atomic mass is 16.2. The number of nitrogen functional groups attached to an aromatic ring is 1. The first kappa shape index (κ1) is 17.3. The summed E-state index contributed by atoms with van der Waals surface area (Å²) >= 11 is 0. The Labute approximate surface area is 147 Å². The summed E-state index contributed by atoms with van der Waals surface area (Å²) in [6, 6.07) is 9.62. The van der Waals surface area contributed by atoms with Gasteiger partial charge in [-0.05, 0) is 24.3 Å². The first-order chi connectivity index (χ1) is 12.1. The van der Waals surface area contributed by atoms with Gasteiger partial charge < -0.3 is 10.6 Å². The molecule has 0 radical (unpaired) electrons. The molecule has 0 amide bonds. The van der Waals surface area contributed by atoms with E-state index in [9.17, 15) is 9.59 Å². The summed E-state index contributed by atoms with van der Waals surface area (Å²) in [6.07, 6.45) is 6.16. The van der Waals surface area contributed by atoms with Crippen LogP contribution in [0.1, 0.15) is 37.7 Å². The van der Waals surface area contributed by atoms with E-state index in [1.54, 1.807) is 0 Å². The summed E-state index contributed by atoms with van der Waals surface area (Å²) in [7, 11) is 1.88. The van der Waals surface area contributed by atoms with E-state index < -0.39 is 11.2 Å². The zero-order valence-corrected chi connectivity index (χ0v) is 14.7. The van der Waals surface area contributed by atoms with Crippen LogP contribution < -0.4 is 21.9 Å². The second-order valence-corrected chi connectivity index (χ2v) is 6.95. The molecular formula is C19H26N4O2. The van der Waals surface area contributed by atoms with E-state index >= 15 is 0 Å². The van der Waals surface area contributed by atoms with Gasteiger partial charge in [-0.2, -0.15) is 0 Å². The smallest absolute Gasteiger partial charge is 0.330 e. The first-order valence-corrected chi connectivity index (χ1v) is 8.94. The molecule has 0 aliphatic heterocycles. The van der Waals surface area contributed by atoms with E-state index in [1.165, 1.54) is 36.7 Å². The van der Waals surface area contributed by atoms with Crippen molar-refractivity contribution in [2.75, 3.05) is 24.2 Å². The molecule has 1 heterocycles. The van der Waals surface area contributed by atoms with Gasteiger partial charge in [-0.1, -0.05) is 49.6 Å². The van der Waals surface area contributed by atoms with Gasteiger partial charge in [0.05, 0.1) is 6.54 Å². The molecule has 0 saturated heterocycles. The lowest BCUT2D eigenvalue weighted by molar-refractivity contribution is 0.362. The van der Waals surface area contributed by atoms with Crippen molar-refractivity contribution in [2.45, 2.75) is 38.6 Å². The maximum Gasteiger partial charge on any atom is 0.330 e. The average molecular weight is 342 g/mol. The molecule has 0 spiro atoms. The van der Waals surface area contributed by atoms with Crippen molar-refractivity contribution in [2.24, 2.45) is 5.92 Å². The lowest BCUT2D eigenvalue weighted by Gasteiger charge is -2.28. The topological polar surface area (TPSA) is 84.1 Å². The van der Waals surface area contributed by atoms with E-state index in [0.717, 1.165) is 12.1 Å². The van der Waals surface area contributed by atoms with Crippen LogP contribution in [-0.4, -0.2) is 23.1 Å². The molecule has 134 valence electrons. The van der Waals surface area contributed by atoms with Crippen molar-refractivity contribution in [3.63, 3.8) is 0 Å². The van der Waals surface area contributed by atoms with Crippen LogP contribution in [0.25, 0.3) is 0 Å². The molecule has 2 aromatic rings. The number of hydrogen-bond donors (Lipinski definition) is 2. The molecule has 1 aliphatic rings. The summed E-state index contributed by atoms with van der Waals surface area (Å²) in [5.74, 6) is 0.808. The predicted octanol–water partition coefficient (Wildman–Crippen LogP) is 2.18. The van der Waals surface area contributed by atoms with Gasteiger partial charge >= 0.3 is 5.69 Å². The Morgan fingerprint density at radius 1 is 1.16 bits per heavy atom. The van der Waals surface area contributed by atoms with Gasteiger partial charge in [-0.15, -0.1) is 0 Å². The second kappa shape index (κ2) is 7.59. The van der Waals surface area contributed by atoms with Gasteiger partial charge in [0.25, 0.3) is 5.56 Å². The molecule has 1 aliphatic carbocycles. The predicted molar refractivity (Wildman–Crippen MR) is 101 cm³/mol. The van der Waals surface area contributed by atoms with E-state index in [1.807, 2.05) is 42.3 Å². The van der Waals surface area contributed by atoms with Crippen molar-refractivity contribution in [3.05, 3.63) is 56.7 Å². The van der Waals surface area contributed by atoms with E-state index in [2.05, 4.69) is 4.98 Å². The third-order valence-electron chi connectivity index (χ3n) is 5.04. The molecule has 6 nitrogen and oxygen atoms in total. The number of rotatable bonds is 5. The number of H-pyrrole nitrogens is 1. The van der Waals surface area contributed by atoms with Crippen molar-refractivity contribution in [3.8, 4) is 0 Å². The number of anilines is 2. The van der Waals surface area contributed by atoms with E-state index in [0.29, 0.717) is 18.2 Å². The first-order valence-electron chi connectivity index (χ1n) is 8.94. The fourth-order valence-electron chi connectivity index (χ4n) is 3.72. The molecule has 0 atom stereocenters. The Kier molecular flexibility index (Phi) is 5.26. The van der Waals surface area contributed by atoms with Gasteiger partial charge in [0.1, 0.15) is 11.5 Å². The van der Waals surface area contributed by atoms with Crippen LogP contribution in [0.15, 0.2) is 39.9 Å². The highest BCUT2D eigenvalue weighted by Gasteiger charge is 2.20. The molecule has 6 heteroatoms. The highest BCUT2D eigenvalue weighted by molar-refractivity contribution is 5.62. The lowest BCUT2D eigenvalue weighted by atomic mass is 9.89. The number of nitrogens with two attached hydrogens (primary N) is 1. The van der Waals surface area contributed by atoms with Crippen molar-refractivity contribution < 1.29 is 0 Å². The second-order valence-electron chi connectivity index (χ2n) is 6.95. The highest BCUT2D eigenvalue weighted by Crippen LogP contribution is 2.26. The molecule has 1 saturated carbocycles. The third kappa shape index (κ3) is 3.95. The Hall–Kier alpha value is -2.50. The van der Waals surface area contributed by atoms with Crippen LogP contribution in [0.3, 0.4) is 0 Å². The summed E-state index contributed by atoms with van der Waals surface area (Å²) in [5, 5.41) is 0. The van der Waals surface area contributed by atoms with Crippen LogP contribution in [0.2, 0.25) is 0 Å². The van der Waals surface area contributed by atoms with Crippen molar-refractivity contribution >= 4 is 11.5 Å². The molecular weight excluding hydrogens is 316 g/mol. The van der Waals surface area contributed by atoms with E-state index in [4.69, 9.17) is 5.73 Å². The van der Waals surface area contributed by atoms with Crippen LogP contribution in [-0.2, 0) is 6.54 Å². The normalized spacial score (nSPS) is 15.2. The Balaban J connectivity index is 1.89. The Morgan fingerprint density at radius 2 is 1.84 bits per heavy atom. The summed E-state index contributed by atoms with van der Waals surface area (Å²) in [5.41, 5.74) is 6.71. The zero-order valence-electron chi connectivity index (χ0n) is 14.7. The third-order valence-corrected chi connectivity index (χ3v) is 5.04. The van der Waals surface area contributed by atoms with Crippen molar-refractivity contribution in [1.82, 2.24) is 9.55 Å². The minimum atomic E-state index is -0.471. The molecule has 1 fully saturated rings. The van der Waals surface area contributed by atoms with Crippen LogP contribution in [0, 0.1) is 5.92 Å². The number of nitrogens with one attached hydrogen (secondary N) is 1. The molecule has 0 unspecified atom stereocenters. The maximum absolute atomic E-state index is 12.4. The van der Waals surface area contributed by atoms with Crippen LogP contribution in [0.4, 0.5) is 11.5 Å². The molecule has 25 heavy (non-hydrogen) atoms. The minimum Gasteiger partial charge on any atom is -0.383 e.